The third-order valence-corrected chi connectivity index (χ3v) is 3.84. The summed E-state index contributed by atoms with van der Waals surface area (Å²) in [5.41, 5.74) is 5.04. The monoisotopic (exact) mass is 239 g/mol. The van der Waals surface area contributed by atoms with Crippen LogP contribution in [0.4, 0.5) is 4.79 Å². The largest absolute Gasteiger partial charge is 0.326 e. The summed E-state index contributed by atoms with van der Waals surface area (Å²) >= 11 is 0. The van der Waals surface area contributed by atoms with Gasteiger partial charge in [-0.2, -0.15) is 0 Å². The van der Waals surface area contributed by atoms with Crippen LogP contribution < -0.4 is 11.1 Å². The van der Waals surface area contributed by atoms with Crippen molar-refractivity contribution in [2.24, 2.45) is 11.7 Å². The predicted octanol–water partition coefficient (Wildman–Crippen LogP) is 0.834. The molecule has 2 fully saturated rings. The number of hydrogen-bond donors (Lipinski definition) is 2. The van der Waals surface area contributed by atoms with E-state index in [4.69, 9.17) is 5.73 Å². The van der Waals surface area contributed by atoms with Gasteiger partial charge >= 0.3 is 6.03 Å². The second-order valence-corrected chi connectivity index (χ2v) is 5.59. The van der Waals surface area contributed by atoms with E-state index < -0.39 is 5.54 Å². The molecule has 0 radical (unpaired) electrons. The molecule has 5 heteroatoms. The smallest absolute Gasteiger partial charge is 0.325 e. The van der Waals surface area contributed by atoms with Gasteiger partial charge in [0.15, 0.2) is 0 Å². The zero-order valence-electron chi connectivity index (χ0n) is 10.5. The average Bonchev–Trinajstić information content (AvgIpc) is 2.48. The third-order valence-electron chi connectivity index (χ3n) is 3.84. The van der Waals surface area contributed by atoms with Gasteiger partial charge in [-0.1, -0.05) is 6.92 Å². The Morgan fingerprint density at radius 3 is 2.59 bits per heavy atom. The van der Waals surface area contributed by atoms with Crippen LogP contribution in [-0.2, 0) is 4.79 Å². The lowest BCUT2D eigenvalue weighted by Crippen LogP contribution is -2.49. The van der Waals surface area contributed by atoms with Crippen molar-refractivity contribution >= 4 is 11.9 Å². The molecule has 1 saturated heterocycles. The van der Waals surface area contributed by atoms with Gasteiger partial charge in [-0.05, 0) is 38.5 Å². The summed E-state index contributed by atoms with van der Waals surface area (Å²) in [5.74, 6) is 0.569. The molecule has 0 aromatic heterocycles. The summed E-state index contributed by atoms with van der Waals surface area (Å²) < 4.78 is 0. The van der Waals surface area contributed by atoms with Crippen LogP contribution in [0, 0.1) is 5.92 Å². The summed E-state index contributed by atoms with van der Waals surface area (Å²) in [5, 5.41) is 2.88. The van der Waals surface area contributed by atoms with Gasteiger partial charge in [0.25, 0.3) is 5.91 Å². The molecule has 0 aromatic carbocycles. The SMILES string of the molecule is CC(N)CN1C(=O)NC2(CCC(C)CC2)C1=O. The van der Waals surface area contributed by atoms with Gasteiger partial charge in [0, 0.05) is 12.6 Å². The Morgan fingerprint density at radius 1 is 1.47 bits per heavy atom. The van der Waals surface area contributed by atoms with Crippen LogP contribution in [0.25, 0.3) is 0 Å². The number of nitrogens with one attached hydrogen (secondary N) is 1. The van der Waals surface area contributed by atoms with E-state index >= 15 is 0 Å². The highest BCUT2D eigenvalue weighted by Gasteiger charge is 2.51. The van der Waals surface area contributed by atoms with Gasteiger partial charge in [0.2, 0.25) is 0 Å². The molecule has 1 aliphatic carbocycles. The van der Waals surface area contributed by atoms with Gasteiger partial charge in [-0.15, -0.1) is 0 Å². The first-order valence-corrected chi connectivity index (χ1v) is 6.34. The Bertz CT molecular complexity index is 333. The van der Waals surface area contributed by atoms with E-state index in [-0.39, 0.29) is 18.0 Å². The van der Waals surface area contributed by atoms with Gasteiger partial charge in [0.05, 0.1) is 0 Å². The van der Waals surface area contributed by atoms with E-state index in [0.717, 1.165) is 25.7 Å². The van der Waals surface area contributed by atoms with Crippen molar-refractivity contribution in [2.75, 3.05) is 6.54 Å². The maximum Gasteiger partial charge on any atom is 0.325 e. The molecule has 1 saturated carbocycles. The Balaban J connectivity index is 2.12. The molecule has 1 heterocycles. The van der Waals surface area contributed by atoms with Crippen molar-refractivity contribution in [2.45, 2.75) is 51.1 Å². The molecule has 1 aliphatic heterocycles. The van der Waals surface area contributed by atoms with Crippen molar-refractivity contribution in [3.8, 4) is 0 Å². The number of rotatable bonds is 2. The van der Waals surface area contributed by atoms with Crippen LogP contribution in [0.15, 0.2) is 0 Å². The Labute approximate surface area is 102 Å². The molecule has 1 spiro atoms. The summed E-state index contributed by atoms with van der Waals surface area (Å²) in [6, 6.07) is -0.454. The van der Waals surface area contributed by atoms with Crippen molar-refractivity contribution in [1.82, 2.24) is 10.2 Å². The van der Waals surface area contributed by atoms with E-state index in [1.807, 2.05) is 0 Å². The molecule has 5 nitrogen and oxygen atoms in total. The number of amides is 3. The molecule has 96 valence electrons. The van der Waals surface area contributed by atoms with Crippen LogP contribution in [-0.4, -0.2) is 35.0 Å². The molecular formula is C12H21N3O2. The van der Waals surface area contributed by atoms with Crippen LogP contribution in [0.5, 0.6) is 0 Å². The summed E-state index contributed by atoms with van der Waals surface area (Å²) in [7, 11) is 0. The lowest BCUT2D eigenvalue weighted by molar-refractivity contribution is -0.132. The van der Waals surface area contributed by atoms with Crippen LogP contribution in [0.1, 0.15) is 39.5 Å². The number of imide groups is 1. The zero-order valence-corrected chi connectivity index (χ0v) is 10.5. The molecule has 2 rings (SSSR count). The van der Waals surface area contributed by atoms with Crippen molar-refractivity contribution in [3.05, 3.63) is 0 Å². The van der Waals surface area contributed by atoms with Crippen LogP contribution >= 0.6 is 0 Å². The molecule has 3 N–H and O–H groups in total. The normalized spacial score (nSPS) is 35.2. The molecule has 2 aliphatic rings. The first-order chi connectivity index (χ1) is 7.94. The quantitative estimate of drug-likeness (QED) is 0.701. The average molecular weight is 239 g/mol. The Morgan fingerprint density at radius 2 is 2.06 bits per heavy atom. The molecule has 3 amide bonds. The lowest BCUT2D eigenvalue weighted by Gasteiger charge is -2.33. The number of nitrogens with zero attached hydrogens (tertiary/aromatic N) is 1. The summed E-state index contributed by atoms with van der Waals surface area (Å²) in [6.45, 7) is 4.30. The number of nitrogens with two attached hydrogens (primary N) is 1. The molecule has 0 bridgehead atoms. The van der Waals surface area contributed by atoms with Gasteiger partial charge in [0.1, 0.15) is 5.54 Å². The molecular weight excluding hydrogens is 218 g/mol. The van der Waals surface area contributed by atoms with E-state index in [1.165, 1.54) is 4.90 Å². The fourth-order valence-corrected chi connectivity index (χ4v) is 2.72. The maximum absolute atomic E-state index is 12.3. The van der Waals surface area contributed by atoms with Gasteiger partial charge in [-0.3, -0.25) is 9.69 Å². The Hall–Kier alpha value is -1.10. The molecule has 17 heavy (non-hydrogen) atoms. The van der Waals surface area contributed by atoms with E-state index in [0.29, 0.717) is 12.5 Å². The fraction of sp³-hybridized carbons (Fsp3) is 0.833. The minimum atomic E-state index is -0.627. The predicted molar refractivity (Wildman–Crippen MR) is 64.3 cm³/mol. The highest BCUT2D eigenvalue weighted by Crippen LogP contribution is 2.36. The number of carbonyl (C=O) groups excluding carboxylic acids is 2. The highest BCUT2D eigenvalue weighted by atomic mass is 16.2. The van der Waals surface area contributed by atoms with E-state index in [1.54, 1.807) is 6.92 Å². The second kappa shape index (κ2) is 4.29. The maximum atomic E-state index is 12.3. The molecule has 0 aromatic rings. The molecule has 1 unspecified atom stereocenters. The van der Waals surface area contributed by atoms with Crippen molar-refractivity contribution in [1.29, 1.82) is 0 Å². The minimum absolute atomic E-state index is 0.0771. The van der Waals surface area contributed by atoms with Crippen LogP contribution in [0.3, 0.4) is 0 Å². The number of hydrogen-bond acceptors (Lipinski definition) is 3. The fourth-order valence-electron chi connectivity index (χ4n) is 2.72. The minimum Gasteiger partial charge on any atom is -0.326 e. The Kier molecular flexibility index (Phi) is 3.12. The second-order valence-electron chi connectivity index (χ2n) is 5.59. The lowest BCUT2D eigenvalue weighted by atomic mass is 9.77. The standard InChI is InChI=1S/C12H21N3O2/c1-8-3-5-12(6-4-8)10(16)15(7-9(2)13)11(17)14-12/h8-9H,3-7,13H2,1-2H3,(H,14,17). The van der Waals surface area contributed by atoms with Gasteiger partial charge < -0.3 is 11.1 Å². The summed E-state index contributed by atoms with van der Waals surface area (Å²) in [6.07, 6.45) is 3.51. The zero-order chi connectivity index (χ0) is 12.6. The molecule has 1 atom stereocenters. The summed E-state index contributed by atoms with van der Waals surface area (Å²) in [4.78, 5) is 25.4. The highest BCUT2D eigenvalue weighted by molar-refractivity contribution is 6.07. The topological polar surface area (TPSA) is 75.4 Å². The van der Waals surface area contributed by atoms with Gasteiger partial charge in [-0.25, -0.2) is 4.79 Å². The first kappa shape index (κ1) is 12.4. The van der Waals surface area contributed by atoms with E-state index in [2.05, 4.69) is 12.2 Å². The van der Waals surface area contributed by atoms with Crippen LogP contribution in [0.2, 0.25) is 0 Å². The number of carbonyl (C=O) groups is 2. The van der Waals surface area contributed by atoms with Crippen molar-refractivity contribution < 1.29 is 9.59 Å². The van der Waals surface area contributed by atoms with E-state index in [9.17, 15) is 9.59 Å². The van der Waals surface area contributed by atoms with Crippen molar-refractivity contribution in [3.63, 3.8) is 0 Å². The first-order valence-electron chi connectivity index (χ1n) is 6.34. The number of urea groups is 1. The third kappa shape index (κ3) is 2.16.